The van der Waals surface area contributed by atoms with E-state index in [1.807, 2.05) is 0 Å². The maximum absolute atomic E-state index is 11.5. The Labute approximate surface area is 107 Å². The molecule has 1 fully saturated rings. The zero-order chi connectivity index (χ0) is 13.2. The number of aromatic hydroxyl groups is 1. The van der Waals surface area contributed by atoms with Crippen LogP contribution >= 0.6 is 0 Å². The Kier molecular flexibility index (Phi) is 3.89. The summed E-state index contributed by atoms with van der Waals surface area (Å²) in [7, 11) is -3.22. The molecule has 0 saturated carbocycles. The van der Waals surface area contributed by atoms with Crippen LogP contribution < -0.4 is 5.32 Å². The van der Waals surface area contributed by atoms with Gasteiger partial charge < -0.3 is 10.4 Å². The van der Waals surface area contributed by atoms with Crippen molar-refractivity contribution >= 4 is 9.84 Å². The molecule has 1 aliphatic heterocycles. The van der Waals surface area contributed by atoms with E-state index in [4.69, 9.17) is 0 Å². The van der Waals surface area contributed by atoms with Crippen LogP contribution in [0.4, 0.5) is 0 Å². The first kappa shape index (κ1) is 13.3. The number of piperazine rings is 1. The number of hydrogen-bond donors (Lipinski definition) is 2. The molecule has 0 aromatic heterocycles. The lowest BCUT2D eigenvalue weighted by atomic mass is 10.2. The SMILES string of the molecule is CS(=O)(=O)c1ccc(O)c(CN2CCNCC2)c1. The van der Waals surface area contributed by atoms with E-state index in [2.05, 4.69) is 10.2 Å². The highest BCUT2D eigenvalue weighted by Crippen LogP contribution is 2.22. The van der Waals surface area contributed by atoms with Crippen LogP contribution in [0, 0.1) is 0 Å². The average Bonchev–Trinajstić information content (AvgIpc) is 2.32. The molecule has 1 aromatic carbocycles. The van der Waals surface area contributed by atoms with Gasteiger partial charge in [-0.1, -0.05) is 0 Å². The Hall–Kier alpha value is -1.11. The van der Waals surface area contributed by atoms with Crippen molar-refractivity contribution in [3.63, 3.8) is 0 Å². The van der Waals surface area contributed by atoms with Crippen LogP contribution in [0.3, 0.4) is 0 Å². The van der Waals surface area contributed by atoms with Gasteiger partial charge in [0.15, 0.2) is 9.84 Å². The zero-order valence-corrected chi connectivity index (χ0v) is 11.2. The van der Waals surface area contributed by atoms with Crippen molar-refractivity contribution in [3.8, 4) is 5.75 Å². The minimum Gasteiger partial charge on any atom is -0.508 e. The third-order valence-corrected chi connectivity index (χ3v) is 4.19. The van der Waals surface area contributed by atoms with Gasteiger partial charge in [-0.05, 0) is 18.2 Å². The molecule has 0 amide bonds. The molecule has 1 aromatic rings. The molecule has 5 nitrogen and oxygen atoms in total. The second-order valence-corrected chi connectivity index (χ2v) is 6.60. The molecule has 100 valence electrons. The number of sulfone groups is 1. The number of phenols is 1. The standard InChI is InChI=1S/C12H18N2O3S/c1-18(16,17)11-2-3-12(15)10(8-11)9-14-6-4-13-5-7-14/h2-3,8,13,15H,4-7,9H2,1H3. The molecule has 2 N–H and O–H groups in total. The van der Waals surface area contributed by atoms with Crippen LogP contribution in [0.2, 0.25) is 0 Å². The Morgan fingerprint density at radius 1 is 1.33 bits per heavy atom. The molecule has 0 atom stereocenters. The largest absolute Gasteiger partial charge is 0.508 e. The second-order valence-electron chi connectivity index (χ2n) is 4.59. The maximum Gasteiger partial charge on any atom is 0.175 e. The number of nitrogens with zero attached hydrogens (tertiary/aromatic N) is 1. The minimum absolute atomic E-state index is 0.154. The number of hydrogen-bond acceptors (Lipinski definition) is 5. The van der Waals surface area contributed by atoms with Crippen molar-refractivity contribution in [2.24, 2.45) is 0 Å². The first-order valence-electron chi connectivity index (χ1n) is 5.92. The van der Waals surface area contributed by atoms with Crippen molar-refractivity contribution in [1.29, 1.82) is 0 Å². The van der Waals surface area contributed by atoms with E-state index in [0.717, 1.165) is 26.2 Å². The van der Waals surface area contributed by atoms with Crippen LogP contribution in [0.1, 0.15) is 5.56 Å². The Balaban J connectivity index is 2.21. The fourth-order valence-electron chi connectivity index (χ4n) is 2.03. The normalized spacial score (nSPS) is 17.8. The van der Waals surface area contributed by atoms with E-state index >= 15 is 0 Å². The van der Waals surface area contributed by atoms with E-state index in [1.165, 1.54) is 18.4 Å². The summed E-state index contributed by atoms with van der Waals surface area (Å²) in [4.78, 5) is 2.45. The van der Waals surface area contributed by atoms with Gasteiger partial charge in [0, 0.05) is 44.5 Å². The summed E-state index contributed by atoms with van der Waals surface area (Å²) >= 11 is 0. The van der Waals surface area contributed by atoms with Gasteiger partial charge in [0.2, 0.25) is 0 Å². The molecule has 0 spiro atoms. The molecule has 1 aliphatic rings. The third-order valence-electron chi connectivity index (χ3n) is 3.08. The summed E-state index contributed by atoms with van der Waals surface area (Å²) in [6.07, 6.45) is 1.17. The first-order valence-corrected chi connectivity index (χ1v) is 7.81. The van der Waals surface area contributed by atoms with Crippen LogP contribution in [0.5, 0.6) is 5.75 Å². The molecule has 0 aliphatic carbocycles. The topological polar surface area (TPSA) is 69.6 Å². The summed E-state index contributed by atoms with van der Waals surface area (Å²) in [5, 5.41) is 13.0. The molecular formula is C12H18N2O3S. The first-order chi connectivity index (χ1) is 8.47. The smallest absolute Gasteiger partial charge is 0.175 e. The van der Waals surface area contributed by atoms with Gasteiger partial charge in [-0.2, -0.15) is 0 Å². The summed E-state index contributed by atoms with van der Waals surface area (Å²) in [5.74, 6) is 0.154. The minimum atomic E-state index is -3.22. The van der Waals surface area contributed by atoms with Crippen molar-refractivity contribution in [1.82, 2.24) is 10.2 Å². The Bertz CT molecular complexity index is 522. The third kappa shape index (κ3) is 3.22. The van der Waals surface area contributed by atoms with Crippen molar-refractivity contribution in [2.45, 2.75) is 11.4 Å². The second kappa shape index (κ2) is 5.26. The highest BCUT2D eigenvalue weighted by atomic mass is 32.2. The van der Waals surface area contributed by atoms with E-state index in [9.17, 15) is 13.5 Å². The van der Waals surface area contributed by atoms with Crippen molar-refractivity contribution < 1.29 is 13.5 Å². The molecule has 1 saturated heterocycles. The average molecular weight is 270 g/mol. The molecule has 0 radical (unpaired) electrons. The lowest BCUT2D eigenvalue weighted by Crippen LogP contribution is -2.42. The summed E-state index contributed by atoms with van der Waals surface area (Å²) < 4.78 is 23.0. The summed E-state index contributed by atoms with van der Waals surface area (Å²) in [5.41, 5.74) is 0.667. The van der Waals surface area contributed by atoms with Gasteiger partial charge in [0.05, 0.1) is 4.90 Å². The maximum atomic E-state index is 11.5. The number of benzene rings is 1. The molecule has 0 unspecified atom stereocenters. The van der Waals surface area contributed by atoms with Gasteiger partial charge in [-0.3, -0.25) is 4.90 Å². The monoisotopic (exact) mass is 270 g/mol. The van der Waals surface area contributed by atoms with E-state index in [-0.39, 0.29) is 10.6 Å². The van der Waals surface area contributed by atoms with Crippen molar-refractivity contribution in [2.75, 3.05) is 32.4 Å². The highest BCUT2D eigenvalue weighted by Gasteiger charge is 2.15. The Morgan fingerprint density at radius 3 is 2.61 bits per heavy atom. The van der Waals surface area contributed by atoms with Gasteiger partial charge in [-0.25, -0.2) is 8.42 Å². The fraction of sp³-hybridized carbons (Fsp3) is 0.500. The molecular weight excluding hydrogens is 252 g/mol. The molecule has 0 bridgehead atoms. The van der Waals surface area contributed by atoms with Gasteiger partial charge in [-0.15, -0.1) is 0 Å². The van der Waals surface area contributed by atoms with Gasteiger partial charge in [0.1, 0.15) is 5.75 Å². The van der Waals surface area contributed by atoms with E-state index in [0.29, 0.717) is 12.1 Å². The molecule has 1 heterocycles. The zero-order valence-electron chi connectivity index (χ0n) is 10.4. The Morgan fingerprint density at radius 2 is 2.00 bits per heavy atom. The molecule has 6 heteroatoms. The fourth-order valence-corrected chi connectivity index (χ4v) is 2.70. The summed E-state index contributed by atoms with van der Waals surface area (Å²) in [6.45, 7) is 4.24. The van der Waals surface area contributed by atoms with Crippen LogP contribution in [0.25, 0.3) is 0 Å². The van der Waals surface area contributed by atoms with Crippen LogP contribution in [-0.4, -0.2) is 50.9 Å². The molecule has 2 rings (SSSR count). The van der Waals surface area contributed by atoms with Crippen molar-refractivity contribution in [3.05, 3.63) is 23.8 Å². The van der Waals surface area contributed by atoms with Crippen LogP contribution in [0.15, 0.2) is 23.1 Å². The predicted octanol–water partition coefficient (Wildman–Crippen LogP) is 0.201. The van der Waals surface area contributed by atoms with Crippen LogP contribution in [-0.2, 0) is 16.4 Å². The van der Waals surface area contributed by atoms with Gasteiger partial charge in [0.25, 0.3) is 0 Å². The summed E-state index contributed by atoms with van der Waals surface area (Å²) in [6, 6.07) is 4.45. The number of rotatable bonds is 3. The highest BCUT2D eigenvalue weighted by molar-refractivity contribution is 7.90. The number of phenolic OH excluding ortho intramolecular Hbond substituents is 1. The van der Waals surface area contributed by atoms with E-state index in [1.54, 1.807) is 6.07 Å². The quantitative estimate of drug-likeness (QED) is 0.821. The molecule has 18 heavy (non-hydrogen) atoms. The van der Waals surface area contributed by atoms with E-state index < -0.39 is 9.84 Å². The lowest BCUT2D eigenvalue weighted by molar-refractivity contribution is 0.230. The van der Waals surface area contributed by atoms with Gasteiger partial charge >= 0.3 is 0 Å². The predicted molar refractivity (Wildman–Crippen MR) is 69.4 cm³/mol. The lowest BCUT2D eigenvalue weighted by Gasteiger charge is -2.27. The number of nitrogens with one attached hydrogen (secondary N) is 1.